The molecular formula is C24H25FN2O6S. The lowest BCUT2D eigenvalue weighted by Crippen LogP contribution is -2.21. The Balaban J connectivity index is 1.78. The van der Waals surface area contributed by atoms with Crippen LogP contribution in [0.4, 0.5) is 9.39 Å². The number of halogens is 1. The van der Waals surface area contributed by atoms with Gasteiger partial charge >= 0.3 is 5.97 Å². The van der Waals surface area contributed by atoms with Crippen LogP contribution in [0.15, 0.2) is 40.8 Å². The van der Waals surface area contributed by atoms with Gasteiger partial charge < -0.3 is 24.1 Å². The highest BCUT2D eigenvalue weighted by atomic mass is 32.1. The highest BCUT2D eigenvalue weighted by Crippen LogP contribution is 2.35. The van der Waals surface area contributed by atoms with Crippen molar-refractivity contribution in [2.45, 2.75) is 26.9 Å². The monoisotopic (exact) mass is 488 g/mol. The van der Waals surface area contributed by atoms with Crippen LogP contribution in [-0.4, -0.2) is 43.4 Å². The lowest BCUT2D eigenvalue weighted by molar-refractivity contribution is 0.0506. The van der Waals surface area contributed by atoms with E-state index in [1.54, 1.807) is 27.1 Å². The number of hydrogen-bond acceptors (Lipinski definition) is 7. The van der Waals surface area contributed by atoms with Gasteiger partial charge in [0.15, 0.2) is 5.76 Å². The Morgan fingerprint density at radius 3 is 2.47 bits per heavy atom. The van der Waals surface area contributed by atoms with Gasteiger partial charge in [0, 0.05) is 14.1 Å². The molecule has 0 atom stereocenters. The van der Waals surface area contributed by atoms with Gasteiger partial charge in [-0.1, -0.05) is 6.92 Å². The SMILES string of the molecule is CCCOC(=O)c1c(NC(=O)c2ccc(COc3ccc(F)cc3)o2)sc(C(=O)N(C)C)c1C. The molecule has 0 unspecified atom stereocenters. The van der Waals surface area contributed by atoms with E-state index in [0.29, 0.717) is 28.4 Å². The maximum absolute atomic E-state index is 13.0. The van der Waals surface area contributed by atoms with E-state index in [2.05, 4.69) is 5.32 Å². The van der Waals surface area contributed by atoms with Crippen LogP contribution < -0.4 is 10.1 Å². The number of esters is 1. The normalized spacial score (nSPS) is 10.6. The number of hydrogen-bond donors (Lipinski definition) is 1. The summed E-state index contributed by atoms with van der Waals surface area (Å²) in [4.78, 5) is 39.8. The molecule has 2 heterocycles. The first kappa shape index (κ1) is 25.0. The van der Waals surface area contributed by atoms with Gasteiger partial charge in [0.2, 0.25) is 0 Å². The molecule has 0 bridgehead atoms. The summed E-state index contributed by atoms with van der Waals surface area (Å²) in [7, 11) is 3.21. The maximum Gasteiger partial charge on any atom is 0.341 e. The number of anilines is 1. The predicted molar refractivity (Wildman–Crippen MR) is 125 cm³/mol. The van der Waals surface area contributed by atoms with E-state index >= 15 is 0 Å². The van der Waals surface area contributed by atoms with Crippen molar-refractivity contribution in [2.75, 3.05) is 26.0 Å². The van der Waals surface area contributed by atoms with Crippen molar-refractivity contribution in [3.8, 4) is 5.75 Å². The summed E-state index contributed by atoms with van der Waals surface area (Å²) >= 11 is 1.00. The molecule has 10 heteroatoms. The Labute approximate surface area is 200 Å². The first-order chi connectivity index (χ1) is 16.2. The van der Waals surface area contributed by atoms with Gasteiger partial charge in [0.25, 0.3) is 11.8 Å². The standard InChI is InChI=1S/C24H25FN2O6S/c1-5-12-31-24(30)19-14(2)20(23(29)27(3)4)34-22(19)26-21(28)18-11-10-17(33-18)13-32-16-8-6-15(25)7-9-16/h6-11H,5,12-13H2,1-4H3,(H,26,28). The second-order valence-electron chi connectivity index (χ2n) is 7.56. The van der Waals surface area contributed by atoms with Crippen molar-refractivity contribution in [1.29, 1.82) is 0 Å². The topological polar surface area (TPSA) is 98.1 Å². The molecule has 3 aromatic rings. The summed E-state index contributed by atoms with van der Waals surface area (Å²) in [5.74, 6) is -1.04. The molecule has 34 heavy (non-hydrogen) atoms. The second-order valence-corrected chi connectivity index (χ2v) is 8.58. The Morgan fingerprint density at radius 1 is 1.12 bits per heavy atom. The Hall–Kier alpha value is -3.66. The van der Waals surface area contributed by atoms with Crippen LogP contribution in [0.3, 0.4) is 0 Å². The number of ether oxygens (including phenoxy) is 2. The van der Waals surface area contributed by atoms with Crippen LogP contribution in [0, 0.1) is 12.7 Å². The van der Waals surface area contributed by atoms with Crippen molar-refractivity contribution in [1.82, 2.24) is 4.90 Å². The lowest BCUT2D eigenvalue weighted by atomic mass is 10.1. The summed E-state index contributed by atoms with van der Waals surface area (Å²) in [6, 6.07) is 8.57. The molecular weight excluding hydrogens is 463 g/mol. The van der Waals surface area contributed by atoms with Gasteiger partial charge in [-0.15, -0.1) is 11.3 Å². The number of carbonyl (C=O) groups is 3. The number of thiophene rings is 1. The van der Waals surface area contributed by atoms with E-state index in [-0.39, 0.29) is 41.3 Å². The fourth-order valence-electron chi connectivity index (χ4n) is 2.95. The zero-order valence-corrected chi connectivity index (χ0v) is 20.1. The van der Waals surface area contributed by atoms with Gasteiger partial charge in [-0.25, -0.2) is 9.18 Å². The number of amides is 2. The quantitative estimate of drug-likeness (QED) is 0.431. The molecule has 1 aromatic carbocycles. The third-order valence-corrected chi connectivity index (χ3v) is 5.89. The molecule has 0 aliphatic carbocycles. The molecule has 1 N–H and O–H groups in total. The van der Waals surface area contributed by atoms with E-state index in [4.69, 9.17) is 13.9 Å². The number of benzene rings is 1. The minimum Gasteiger partial charge on any atom is -0.486 e. The van der Waals surface area contributed by atoms with E-state index in [1.165, 1.54) is 35.2 Å². The molecule has 0 spiro atoms. The summed E-state index contributed by atoms with van der Waals surface area (Å²) in [5, 5.41) is 2.87. The number of nitrogens with one attached hydrogen (secondary N) is 1. The second kappa shape index (κ2) is 11.0. The van der Waals surface area contributed by atoms with Crippen LogP contribution in [0.5, 0.6) is 5.75 Å². The Kier molecular flexibility index (Phi) is 8.06. The molecule has 0 radical (unpaired) electrons. The van der Waals surface area contributed by atoms with Crippen LogP contribution in [0.2, 0.25) is 0 Å². The van der Waals surface area contributed by atoms with Gasteiger partial charge in [-0.05, 0) is 55.3 Å². The number of nitrogens with zero attached hydrogens (tertiary/aromatic N) is 1. The largest absolute Gasteiger partial charge is 0.486 e. The van der Waals surface area contributed by atoms with Crippen molar-refractivity contribution in [2.24, 2.45) is 0 Å². The van der Waals surface area contributed by atoms with E-state index in [1.807, 2.05) is 6.92 Å². The van der Waals surface area contributed by atoms with Crippen molar-refractivity contribution < 1.29 is 32.7 Å². The molecule has 0 saturated carbocycles. The lowest BCUT2D eigenvalue weighted by Gasteiger charge is -2.09. The average molecular weight is 489 g/mol. The number of rotatable bonds is 9. The Bertz CT molecular complexity index is 1180. The third kappa shape index (κ3) is 5.82. The molecule has 0 aliphatic rings. The first-order valence-corrected chi connectivity index (χ1v) is 11.3. The van der Waals surface area contributed by atoms with Crippen LogP contribution in [0.1, 0.15) is 55.3 Å². The predicted octanol–water partition coefficient (Wildman–Crippen LogP) is 4.89. The van der Waals surface area contributed by atoms with Crippen LogP contribution in [0.25, 0.3) is 0 Å². The smallest absolute Gasteiger partial charge is 0.341 e. The summed E-state index contributed by atoms with van der Waals surface area (Å²) < 4.78 is 29.3. The summed E-state index contributed by atoms with van der Waals surface area (Å²) in [6.07, 6.45) is 0.634. The average Bonchev–Trinajstić information content (AvgIpc) is 3.41. The molecule has 0 fully saturated rings. The zero-order valence-electron chi connectivity index (χ0n) is 19.3. The molecule has 2 aromatic heterocycles. The van der Waals surface area contributed by atoms with Crippen molar-refractivity contribution in [3.63, 3.8) is 0 Å². The molecule has 3 rings (SSSR count). The van der Waals surface area contributed by atoms with E-state index in [0.717, 1.165) is 11.3 Å². The molecule has 8 nitrogen and oxygen atoms in total. The minimum atomic E-state index is -0.614. The maximum atomic E-state index is 13.0. The Morgan fingerprint density at radius 2 is 1.82 bits per heavy atom. The van der Waals surface area contributed by atoms with Gasteiger partial charge in [0.1, 0.15) is 28.9 Å². The van der Waals surface area contributed by atoms with Crippen molar-refractivity contribution >= 4 is 34.1 Å². The van der Waals surface area contributed by atoms with E-state index < -0.39 is 11.9 Å². The highest BCUT2D eigenvalue weighted by molar-refractivity contribution is 7.18. The molecule has 0 saturated heterocycles. The number of carbonyl (C=O) groups excluding carboxylic acids is 3. The van der Waals surface area contributed by atoms with Gasteiger partial charge in [-0.3, -0.25) is 9.59 Å². The van der Waals surface area contributed by atoms with Crippen LogP contribution >= 0.6 is 11.3 Å². The molecule has 2 amide bonds. The first-order valence-electron chi connectivity index (χ1n) is 10.5. The van der Waals surface area contributed by atoms with Crippen LogP contribution in [-0.2, 0) is 11.3 Å². The highest BCUT2D eigenvalue weighted by Gasteiger charge is 2.28. The minimum absolute atomic E-state index is 0.00267. The van der Waals surface area contributed by atoms with Crippen molar-refractivity contribution in [3.05, 3.63) is 69.7 Å². The number of furan rings is 1. The van der Waals surface area contributed by atoms with Gasteiger partial charge in [-0.2, -0.15) is 0 Å². The third-order valence-electron chi connectivity index (χ3n) is 4.70. The van der Waals surface area contributed by atoms with E-state index in [9.17, 15) is 18.8 Å². The fraction of sp³-hybridized carbons (Fsp3) is 0.292. The summed E-state index contributed by atoms with van der Waals surface area (Å²) in [5.41, 5.74) is 0.580. The zero-order chi connectivity index (χ0) is 24.8. The molecule has 0 aliphatic heterocycles. The molecule has 180 valence electrons. The fourth-order valence-corrected chi connectivity index (χ4v) is 4.16. The van der Waals surface area contributed by atoms with Gasteiger partial charge in [0.05, 0.1) is 17.0 Å². The summed E-state index contributed by atoms with van der Waals surface area (Å²) in [6.45, 7) is 3.76.